The summed E-state index contributed by atoms with van der Waals surface area (Å²) in [6.07, 6.45) is 0. The summed E-state index contributed by atoms with van der Waals surface area (Å²) in [4.78, 5) is 2.34. The lowest BCUT2D eigenvalue weighted by atomic mass is 9.95. The minimum absolute atomic E-state index is 0.900. The second kappa shape index (κ2) is 15.1. The molecule has 0 bridgehead atoms. The molecule has 0 unspecified atom stereocenters. The molecule has 0 aliphatic rings. The van der Waals surface area contributed by atoms with Crippen molar-refractivity contribution in [3.8, 4) is 55.6 Å². The Kier molecular flexibility index (Phi) is 8.87. The average molecular weight is 766 g/mol. The third kappa shape index (κ3) is 6.61. The summed E-state index contributed by atoms with van der Waals surface area (Å²) in [6, 6.07) is 84.9. The van der Waals surface area contributed by atoms with Crippen molar-refractivity contribution in [2.75, 3.05) is 4.90 Å². The highest BCUT2D eigenvalue weighted by Gasteiger charge is 2.15. The maximum absolute atomic E-state index is 6.24. The summed E-state index contributed by atoms with van der Waals surface area (Å²) >= 11 is 0. The van der Waals surface area contributed by atoms with E-state index in [4.69, 9.17) is 4.42 Å². The standard InChI is InChI=1S/C58H39NO/c1-2-11-40(12-3-1)45-15-8-16-46(37-45)41-23-30-50(31-24-41)59(52-34-27-43(28-35-52)48-29-36-56-55-20-6-7-22-57(55)60-58(56)39-48)51-32-25-42(26-33-51)47-17-9-18-49(38-47)54-21-10-14-44-13-4-5-19-53(44)54/h1-39H. The number of rotatable bonds is 8. The highest BCUT2D eigenvalue weighted by molar-refractivity contribution is 6.06. The molecule has 0 saturated heterocycles. The Balaban J connectivity index is 0.947. The number of hydrogen-bond acceptors (Lipinski definition) is 2. The van der Waals surface area contributed by atoms with E-state index in [0.717, 1.165) is 50.1 Å². The van der Waals surface area contributed by atoms with Gasteiger partial charge in [-0.2, -0.15) is 0 Å². The Hall–Kier alpha value is -7.94. The molecule has 1 aromatic heterocycles. The summed E-state index contributed by atoms with van der Waals surface area (Å²) in [7, 11) is 0. The zero-order valence-corrected chi connectivity index (χ0v) is 32.9. The van der Waals surface area contributed by atoms with Gasteiger partial charge < -0.3 is 9.32 Å². The van der Waals surface area contributed by atoms with Crippen molar-refractivity contribution in [3.63, 3.8) is 0 Å². The minimum atomic E-state index is 0.900. The number of para-hydroxylation sites is 1. The Labute approximate surface area is 349 Å². The lowest BCUT2D eigenvalue weighted by Gasteiger charge is -2.26. The minimum Gasteiger partial charge on any atom is -0.456 e. The molecular weight excluding hydrogens is 727 g/mol. The highest BCUT2D eigenvalue weighted by atomic mass is 16.3. The molecule has 11 aromatic rings. The third-order valence-electron chi connectivity index (χ3n) is 11.7. The molecule has 0 amide bonds. The smallest absolute Gasteiger partial charge is 0.136 e. The van der Waals surface area contributed by atoms with Gasteiger partial charge in [-0.15, -0.1) is 0 Å². The molecule has 11 rings (SSSR count). The molecule has 0 spiro atoms. The second-order valence-electron chi connectivity index (χ2n) is 15.3. The number of anilines is 3. The first-order valence-corrected chi connectivity index (χ1v) is 20.5. The van der Waals surface area contributed by atoms with Crippen molar-refractivity contribution in [1.82, 2.24) is 0 Å². The van der Waals surface area contributed by atoms with Gasteiger partial charge in [0.1, 0.15) is 11.2 Å². The molecule has 282 valence electrons. The molecule has 0 N–H and O–H groups in total. The van der Waals surface area contributed by atoms with Crippen LogP contribution in [0.5, 0.6) is 0 Å². The number of furan rings is 1. The van der Waals surface area contributed by atoms with E-state index in [1.807, 2.05) is 12.1 Å². The molecule has 2 nitrogen and oxygen atoms in total. The summed E-state index contributed by atoms with van der Waals surface area (Å²) < 4.78 is 6.24. The van der Waals surface area contributed by atoms with Gasteiger partial charge >= 0.3 is 0 Å². The van der Waals surface area contributed by atoms with Crippen molar-refractivity contribution in [1.29, 1.82) is 0 Å². The molecule has 2 heteroatoms. The van der Waals surface area contributed by atoms with Gasteiger partial charge in [0.05, 0.1) is 0 Å². The second-order valence-corrected chi connectivity index (χ2v) is 15.3. The van der Waals surface area contributed by atoms with Crippen molar-refractivity contribution in [2.24, 2.45) is 0 Å². The molecule has 60 heavy (non-hydrogen) atoms. The molecule has 0 fully saturated rings. The molecular formula is C58H39NO. The number of hydrogen-bond donors (Lipinski definition) is 0. The SMILES string of the molecule is c1ccc(-c2cccc(-c3ccc(N(c4ccc(-c5cccc(-c6cccc7ccccc67)c5)cc4)c4ccc(-c5ccc6c(c5)oc5ccccc56)cc4)cc3)c2)cc1. The van der Waals surface area contributed by atoms with E-state index in [9.17, 15) is 0 Å². The van der Waals surface area contributed by atoms with Gasteiger partial charge in [-0.25, -0.2) is 0 Å². The van der Waals surface area contributed by atoms with Gasteiger partial charge in [0.15, 0.2) is 0 Å². The first-order valence-electron chi connectivity index (χ1n) is 20.5. The van der Waals surface area contributed by atoms with E-state index >= 15 is 0 Å². The van der Waals surface area contributed by atoms with Gasteiger partial charge in [0.25, 0.3) is 0 Å². The third-order valence-corrected chi connectivity index (χ3v) is 11.7. The van der Waals surface area contributed by atoms with Gasteiger partial charge in [0.2, 0.25) is 0 Å². The predicted octanol–water partition coefficient (Wildman–Crippen LogP) is 16.5. The van der Waals surface area contributed by atoms with Crippen LogP contribution in [0.25, 0.3) is 88.3 Å². The number of benzene rings is 10. The van der Waals surface area contributed by atoms with Crippen LogP contribution in [-0.2, 0) is 0 Å². The Morgan fingerprint density at radius 3 is 1.30 bits per heavy atom. The van der Waals surface area contributed by atoms with Crippen LogP contribution >= 0.6 is 0 Å². The van der Waals surface area contributed by atoms with Crippen LogP contribution in [0, 0.1) is 0 Å². The zero-order valence-electron chi connectivity index (χ0n) is 32.9. The monoisotopic (exact) mass is 765 g/mol. The molecule has 0 aliphatic heterocycles. The highest BCUT2D eigenvalue weighted by Crippen LogP contribution is 2.40. The molecule has 0 atom stereocenters. The summed E-state index contributed by atoms with van der Waals surface area (Å²) in [5.74, 6) is 0. The van der Waals surface area contributed by atoms with Crippen molar-refractivity contribution < 1.29 is 4.42 Å². The summed E-state index contributed by atoms with van der Waals surface area (Å²) in [6.45, 7) is 0. The summed E-state index contributed by atoms with van der Waals surface area (Å²) in [5, 5.41) is 4.79. The Morgan fingerprint density at radius 1 is 0.250 bits per heavy atom. The zero-order chi connectivity index (χ0) is 39.8. The lowest BCUT2D eigenvalue weighted by Crippen LogP contribution is -2.09. The first kappa shape index (κ1) is 35.2. The largest absolute Gasteiger partial charge is 0.456 e. The van der Waals surface area contributed by atoms with Crippen LogP contribution in [0.4, 0.5) is 17.1 Å². The number of fused-ring (bicyclic) bond motifs is 4. The van der Waals surface area contributed by atoms with Gasteiger partial charge in [-0.05, 0) is 133 Å². The lowest BCUT2D eigenvalue weighted by molar-refractivity contribution is 0.669. The van der Waals surface area contributed by atoms with Crippen LogP contribution < -0.4 is 4.90 Å². The van der Waals surface area contributed by atoms with Crippen LogP contribution in [0.2, 0.25) is 0 Å². The number of nitrogens with zero attached hydrogens (tertiary/aromatic N) is 1. The van der Waals surface area contributed by atoms with Crippen LogP contribution in [0.15, 0.2) is 241 Å². The Bertz CT molecular complexity index is 3280. The molecule has 10 aromatic carbocycles. The van der Waals surface area contributed by atoms with E-state index in [2.05, 4.69) is 229 Å². The van der Waals surface area contributed by atoms with Crippen LogP contribution in [-0.4, -0.2) is 0 Å². The van der Waals surface area contributed by atoms with Crippen LogP contribution in [0.3, 0.4) is 0 Å². The van der Waals surface area contributed by atoms with E-state index < -0.39 is 0 Å². The van der Waals surface area contributed by atoms with Crippen molar-refractivity contribution in [2.45, 2.75) is 0 Å². The average Bonchev–Trinajstić information content (AvgIpc) is 3.71. The predicted molar refractivity (Wildman–Crippen MR) is 253 cm³/mol. The first-order chi connectivity index (χ1) is 29.7. The van der Waals surface area contributed by atoms with Crippen molar-refractivity contribution in [3.05, 3.63) is 237 Å². The van der Waals surface area contributed by atoms with Gasteiger partial charge in [-0.3, -0.25) is 0 Å². The molecule has 0 radical (unpaired) electrons. The fraction of sp³-hybridized carbons (Fsp3) is 0. The molecule has 1 heterocycles. The van der Waals surface area contributed by atoms with Gasteiger partial charge in [-0.1, -0.05) is 170 Å². The van der Waals surface area contributed by atoms with E-state index in [1.165, 1.54) is 55.3 Å². The fourth-order valence-electron chi connectivity index (χ4n) is 8.61. The molecule has 0 saturated carbocycles. The summed E-state index contributed by atoms with van der Waals surface area (Å²) in [5.41, 5.74) is 16.9. The quantitative estimate of drug-likeness (QED) is 0.153. The van der Waals surface area contributed by atoms with E-state index in [-0.39, 0.29) is 0 Å². The molecule has 0 aliphatic carbocycles. The fourth-order valence-corrected chi connectivity index (χ4v) is 8.61. The maximum Gasteiger partial charge on any atom is 0.136 e. The van der Waals surface area contributed by atoms with Crippen LogP contribution in [0.1, 0.15) is 0 Å². The maximum atomic E-state index is 6.24. The van der Waals surface area contributed by atoms with Crippen molar-refractivity contribution >= 4 is 49.8 Å². The van der Waals surface area contributed by atoms with Gasteiger partial charge in [0, 0.05) is 27.8 Å². The normalized spacial score (nSPS) is 11.3. The topological polar surface area (TPSA) is 16.4 Å². The van der Waals surface area contributed by atoms with E-state index in [1.54, 1.807) is 0 Å². The Morgan fingerprint density at radius 2 is 0.667 bits per heavy atom. The van der Waals surface area contributed by atoms with E-state index in [0.29, 0.717) is 0 Å².